The van der Waals surface area contributed by atoms with Crippen molar-refractivity contribution in [2.45, 2.75) is 31.4 Å². The zero-order valence-corrected chi connectivity index (χ0v) is 16.4. The first-order valence-electron chi connectivity index (χ1n) is 9.53. The quantitative estimate of drug-likeness (QED) is 0.835. The Morgan fingerprint density at radius 2 is 1.86 bits per heavy atom. The lowest BCUT2D eigenvalue weighted by Gasteiger charge is -2.38. The van der Waals surface area contributed by atoms with Gasteiger partial charge in [-0.25, -0.2) is 0 Å². The minimum Gasteiger partial charge on any atom is -0.493 e. The van der Waals surface area contributed by atoms with E-state index in [4.69, 9.17) is 14.2 Å². The molecule has 7 heteroatoms. The molecule has 0 radical (unpaired) electrons. The monoisotopic (exact) mass is 397 g/mol. The molecular formula is C22H23NO6. The molecule has 0 spiro atoms. The molecule has 152 valence electrons. The Morgan fingerprint density at radius 1 is 1.14 bits per heavy atom. The van der Waals surface area contributed by atoms with Gasteiger partial charge in [-0.05, 0) is 41.3 Å². The number of fused-ring (bicyclic) bond motifs is 2. The third-order valence-electron chi connectivity index (χ3n) is 5.58. The van der Waals surface area contributed by atoms with Crippen LogP contribution in [0.15, 0.2) is 36.4 Å². The van der Waals surface area contributed by atoms with Gasteiger partial charge in [0, 0.05) is 13.0 Å². The molecule has 2 aliphatic rings. The summed E-state index contributed by atoms with van der Waals surface area (Å²) in [6.07, 6.45) is 0.278. The van der Waals surface area contributed by atoms with Crippen molar-refractivity contribution in [3.05, 3.63) is 53.1 Å². The standard InChI is InChI=1S/C22H23NO6/c1-27-18-9-13-7-8-23(16(12-21(24)25)15(13)11-19(18)28-2)22(26)20-10-14-5-3-4-6-17(14)29-20/h3-6,9,11,16,20H,7-8,10,12H2,1-2H3,(H,24,25). The summed E-state index contributed by atoms with van der Waals surface area (Å²) in [4.78, 5) is 26.5. The van der Waals surface area contributed by atoms with Crippen LogP contribution in [0.25, 0.3) is 0 Å². The minimum absolute atomic E-state index is 0.187. The number of carboxylic acids is 1. The molecule has 0 saturated heterocycles. The van der Waals surface area contributed by atoms with E-state index in [2.05, 4.69) is 0 Å². The molecule has 2 unspecified atom stereocenters. The lowest BCUT2D eigenvalue weighted by atomic mass is 9.89. The molecule has 0 saturated carbocycles. The van der Waals surface area contributed by atoms with Crippen molar-refractivity contribution in [3.8, 4) is 17.2 Å². The van der Waals surface area contributed by atoms with Crippen molar-refractivity contribution >= 4 is 11.9 Å². The molecule has 1 N–H and O–H groups in total. The van der Waals surface area contributed by atoms with Gasteiger partial charge in [-0.3, -0.25) is 9.59 Å². The van der Waals surface area contributed by atoms with E-state index in [-0.39, 0.29) is 12.3 Å². The number of amides is 1. The average Bonchev–Trinajstić information content (AvgIpc) is 3.16. The Kier molecular flexibility index (Phi) is 5.05. The molecule has 0 fully saturated rings. The molecule has 2 aliphatic heterocycles. The van der Waals surface area contributed by atoms with Crippen molar-refractivity contribution in [2.24, 2.45) is 0 Å². The van der Waals surface area contributed by atoms with Crippen LogP contribution in [-0.4, -0.2) is 48.8 Å². The highest BCUT2D eigenvalue weighted by Crippen LogP contribution is 2.40. The summed E-state index contributed by atoms with van der Waals surface area (Å²) in [6.45, 7) is 0.426. The van der Waals surface area contributed by atoms with Crippen LogP contribution in [-0.2, 0) is 22.4 Å². The average molecular weight is 397 g/mol. The molecule has 2 atom stereocenters. The Morgan fingerprint density at radius 3 is 2.55 bits per heavy atom. The number of hydrogen-bond acceptors (Lipinski definition) is 5. The summed E-state index contributed by atoms with van der Waals surface area (Å²) in [5.41, 5.74) is 2.73. The summed E-state index contributed by atoms with van der Waals surface area (Å²) >= 11 is 0. The zero-order valence-electron chi connectivity index (χ0n) is 16.4. The lowest BCUT2D eigenvalue weighted by Crippen LogP contribution is -2.47. The molecular weight excluding hydrogens is 374 g/mol. The Balaban J connectivity index is 1.66. The summed E-state index contributed by atoms with van der Waals surface area (Å²) in [5, 5.41) is 9.50. The predicted molar refractivity (Wildman–Crippen MR) is 105 cm³/mol. The second kappa shape index (κ2) is 7.66. The van der Waals surface area contributed by atoms with E-state index >= 15 is 0 Å². The maximum atomic E-state index is 13.3. The number of aliphatic carboxylic acids is 1. The molecule has 0 aromatic heterocycles. The van der Waals surface area contributed by atoms with Crippen molar-refractivity contribution in [1.82, 2.24) is 4.90 Å². The molecule has 4 rings (SSSR count). The second-order valence-corrected chi connectivity index (χ2v) is 7.22. The molecule has 29 heavy (non-hydrogen) atoms. The number of carbonyl (C=O) groups excluding carboxylic acids is 1. The predicted octanol–water partition coefficient (Wildman–Crippen LogP) is 2.61. The third-order valence-corrected chi connectivity index (χ3v) is 5.58. The van der Waals surface area contributed by atoms with Crippen molar-refractivity contribution in [3.63, 3.8) is 0 Å². The Bertz CT molecular complexity index is 931. The fraction of sp³-hybridized carbons (Fsp3) is 0.364. The fourth-order valence-electron chi connectivity index (χ4n) is 4.18. The largest absolute Gasteiger partial charge is 0.493 e. The molecule has 0 bridgehead atoms. The van der Waals surface area contributed by atoms with E-state index in [1.54, 1.807) is 18.1 Å². The zero-order chi connectivity index (χ0) is 20.5. The van der Waals surface area contributed by atoms with Gasteiger partial charge in [0.05, 0.1) is 26.7 Å². The maximum Gasteiger partial charge on any atom is 0.305 e. The topological polar surface area (TPSA) is 85.3 Å². The van der Waals surface area contributed by atoms with E-state index < -0.39 is 18.1 Å². The van der Waals surface area contributed by atoms with E-state index in [1.165, 1.54) is 7.11 Å². The summed E-state index contributed by atoms with van der Waals surface area (Å²) in [5.74, 6) is 0.665. The van der Waals surface area contributed by atoms with E-state index in [9.17, 15) is 14.7 Å². The number of carboxylic acid groups (broad SMARTS) is 1. The molecule has 2 aromatic rings. The highest BCUT2D eigenvalue weighted by atomic mass is 16.5. The van der Waals surface area contributed by atoms with Crippen molar-refractivity contribution < 1.29 is 28.9 Å². The van der Waals surface area contributed by atoms with Gasteiger partial charge >= 0.3 is 5.97 Å². The summed E-state index contributed by atoms with van der Waals surface area (Å²) < 4.78 is 16.6. The van der Waals surface area contributed by atoms with Crippen molar-refractivity contribution in [1.29, 1.82) is 0 Å². The first kappa shape index (κ1) is 19.1. The van der Waals surface area contributed by atoms with Crippen LogP contribution in [0.1, 0.15) is 29.2 Å². The van der Waals surface area contributed by atoms with Crippen LogP contribution >= 0.6 is 0 Å². The van der Waals surface area contributed by atoms with Crippen LogP contribution in [0, 0.1) is 0 Å². The van der Waals surface area contributed by atoms with Crippen LogP contribution in [0.5, 0.6) is 17.2 Å². The van der Waals surface area contributed by atoms with Gasteiger partial charge < -0.3 is 24.2 Å². The van der Waals surface area contributed by atoms with Gasteiger partial charge in [-0.2, -0.15) is 0 Å². The van der Waals surface area contributed by atoms with E-state index in [0.717, 1.165) is 16.7 Å². The third kappa shape index (κ3) is 3.48. The van der Waals surface area contributed by atoms with Crippen LogP contribution < -0.4 is 14.2 Å². The number of ether oxygens (including phenoxy) is 3. The van der Waals surface area contributed by atoms with Gasteiger partial charge in [-0.1, -0.05) is 18.2 Å². The highest BCUT2D eigenvalue weighted by molar-refractivity contribution is 5.84. The number of hydrogen-bond donors (Lipinski definition) is 1. The SMILES string of the molecule is COc1cc2c(cc1OC)C(CC(=O)O)N(C(=O)C1Cc3ccccc3O1)CC2. The Hall–Kier alpha value is -3.22. The number of para-hydroxylation sites is 1. The van der Waals surface area contributed by atoms with Gasteiger partial charge in [0.25, 0.3) is 5.91 Å². The second-order valence-electron chi connectivity index (χ2n) is 7.22. The van der Waals surface area contributed by atoms with Crippen LogP contribution in [0.2, 0.25) is 0 Å². The molecule has 0 aliphatic carbocycles. The smallest absolute Gasteiger partial charge is 0.305 e. The minimum atomic E-state index is -0.967. The lowest BCUT2D eigenvalue weighted by molar-refractivity contribution is -0.144. The van der Waals surface area contributed by atoms with E-state index in [0.29, 0.717) is 36.6 Å². The normalized spacial score (nSPS) is 19.7. The Labute approximate surface area is 168 Å². The summed E-state index contributed by atoms with van der Waals surface area (Å²) in [7, 11) is 3.10. The number of methoxy groups -OCH3 is 2. The van der Waals surface area contributed by atoms with Gasteiger partial charge in [0.1, 0.15) is 5.75 Å². The van der Waals surface area contributed by atoms with Crippen molar-refractivity contribution in [2.75, 3.05) is 20.8 Å². The molecule has 7 nitrogen and oxygen atoms in total. The number of benzene rings is 2. The van der Waals surface area contributed by atoms with Crippen LogP contribution in [0.3, 0.4) is 0 Å². The van der Waals surface area contributed by atoms with Gasteiger partial charge in [0.15, 0.2) is 17.6 Å². The number of carbonyl (C=O) groups is 2. The molecule has 2 aromatic carbocycles. The first-order chi connectivity index (χ1) is 14.0. The number of nitrogens with zero attached hydrogens (tertiary/aromatic N) is 1. The van der Waals surface area contributed by atoms with Gasteiger partial charge in [-0.15, -0.1) is 0 Å². The highest BCUT2D eigenvalue weighted by Gasteiger charge is 2.39. The molecule has 1 amide bonds. The molecule has 2 heterocycles. The number of rotatable bonds is 5. The first-order valence-corrected chi connectivity index (χ1v) is 9.53. The fourth-order valence-corrected chi connectivity index (χ4v) is 4.18. The van der Waals surface area contributed by atoms with Gasteiger partial charge in [0.2, 0.25) is 0 Å². The summed E-state index contributed by atoms with van der Waals surface area (Å²) in [6, 6.07) is 10.6. The maximum absolute atomic E-state index is 13.3. The van der Waals surface area contributed by atoms with E-state index in [1.807, 2.05) is 30.3 Å². The van der Waals surface area contributed by atoms with Crippen LogP contribution in [0.4, 0.5) is 0 Å².